The Hall–Kier alpha value is -2.16. The predicted molar refractivity (Wildman–Crippen MR) is 76.0 cm³/mol. The van der Waals surface area contributed by atoms with Gasteiger partial charge in [-0.25, -0.2) is 14.8 Å². The minimum Gasteiger partial charge on any atom is -0.465 e. The van der Waals surface area contributed by atoms with E-state index in [0.29, 0.717) is 25.5 Å². The first kappa shape index (κ1) is 12.9. The fourth-order valence-corrected chi connectivity index (χ4v) is 3.08. The first-order valence-corrected chi connectivity index (χ1v) is 7.05. The Morgan fingerprint density at radius 2 is 2.30 bits per heavy atom. The number of nitrogens with two attached hydrogens (primary N) is 1. The lowest BCUT2D eigenvalue weighted by Gasteiger charge is -2.38. The van der Waals surface area contributed by atoms with Gasteiger partial charge in [0.05, 0.1) is 5.51 Å². The second-order valence-electron chi connectivity index (χ2n) is 4.68. The molecule has 2 aromatic heterocycles. The summed E-state index contributed by atoms with van der Waals surface area (Å²) in [4.78, 5) is 28.0. The van der Waals surface area contributed by atoms with Crippen LogP contribution in [0.1, 0.15) is 6.92 Å². The molecule has 0 aliphatic carbocycles. The number of fused-ring (bicyclic) bond motifs is 1. The standard InChI is InChI=1S/C11H14N6O2S/c1-6-4-16(2-3-17(6)11(18)19)8-7-9(20-5-13-7)15-10(12)14-8/h5-6H,2-4H2,1H3,(H,18,19)(H2,12,14,15). The van der Waals surface area contributed by atoms with Crippen molar-refractivity contribution in [3.05, 3.63) is 5.51 Å². The molecule has 3 rings (SSSR count). The van der Waals surface area contributed by atoms with Crippen molar-refractivity contribution < 1.29 is 9.90 Å². The van der Waals surface area contributed by atoms with Crippen LogP contribution in [0.15, 0.2) is 5.51 Å². The van der Waals surface area contributed by atoms with Crippen molar-refractivity contribution in [3.63, 3.8) is 0 Å². The van der Waals surface area contributed by atoms with Crippen molar-refractivity contribution in [2.75, 3.05) is 30.3 Å². The minimum atomic E-state index is -0.891. The van der Waals surface area contributed by atoms with Crippen LogP contribution in [0.3, 0.4) is 0 Å². The van der Waals surface area contributed by atoms with Crippen LogP contribution in [-0.4, -0.2) is 56.7 Å². The molecule has 3 N–H and O–H groups in total. The highest BCUT2D eigenvalue weighted by atomic mass is 32.1. The number of nitrogens with zero attached hydrogens (tertiary/aromatic N) is 5. The number of nitrogen functional groups attached to an aromatic ring is 1. The molecule has 0 spiro atoms. The van der Waals surface area contributed by atoms with Gasteiger partial charge in [0.2, 0.25) is 5.95 Å². The van der Waals surface area contributed by atoms with Crippen molar-refractivity contribution >= 4 is 39.5 Å². The van der Waals surface area contributed by atoms with Crippen LogP contribution in [-0.2, 0) is 0 Å². The lowest BCUT2D eigenvalue weighted by Crippen LogP contribution is -2.54. The molecule has 106 valence electrons. The lowest BCUT2D eigenvalue weighted by molar-refractivity contribution is 0.122. The average molecular weight is 294 g/mol. The molecule has 0 bridgehead atoms. The molecular weight excluding hydrogens is 280 g/mol. The van der Waals surface area contributed by atoms with E-state index in [4.69, 9.17) is 10.8 Å². The third-order valence-corrected chi connectivity index (χ3v) is 4.09. The number of amides is 1. The van der Waals surface area contributed by atoms with Crippen molar-refractivity contribution in [1.82, 2.24) is 19.9 Å². The third-order valence-electron chi connectivity index (χ3n) is 3.37. The number of carboxylic acid groups (broad SMARTS) is 1. The Labute approximate surface area is 118 Å². The van der Waals surface area contributed by atoms with E-state index in [-0.39, 0.29) is 12.0 Å². The third kappa shape index (κ3) is 2.09. The van der Waals surface area contributed by atoms with Crippen molar-refractivity contribution in [3.8, 4) is 0 Å². The smallest absolute Gasteiger partial charge is 0.407 e. The molecule has 9 heteroatoms. The first-order valence-electron chi connectivity index (χ1n) is 6.17. The molecule has 0 radical (unpaired) electrons. The maximum absolute atomic E-state index is 11.1. The zero-order valence-corrected chi connectivity index (χ0v) is 11.7. The van der Waals surface area contributed by atoms with Gasteiger partial charge in [-0.05, 0) is 6.92 Å². The Morgan fingerprint density at radius 1 is 1.50 bits per heavy atom. The number of anilines is 2. The van der Waals surface area contributed by atoms with Crippen molar-refractivity contribution in [2.45, 2.75) is 13.0 Å². The number of hydrogen-bond acceptors (Lipinski definition) is 7. The number of piperazine rings is 1. The quantitative estimate of drug-likeness (QED) is 0.802. The molecule has 3 heterocycles. The summed E-state index contributed by atoms with van der Waals surface area (Å²) in [6.45, 7) is 3.45. The maximum atomic E-state index is 11.1. The summed E-state index contributed by atoms with van der Waals surface area (Å²) in [5.74, 6) is 0.899. The molecule has 1 saturated heterocycles. The monoisotopic (exact) mass is 294 g/mol. The normalized spacial score (nSPS) is 19.6. The van der Waals surface area contributed by atoms with Crippen LogP contribution < -0.4 is 10.6 Å². The molecule has 1 amide bonds. The second-order valence-corrected chi connectivity index (χ2v) is 5.52. The molecule has 8 nitrogen and oxygen atoms in total. The zero-order valence-electron chi connectivity index (χ0n) is 10.9. The van der Waals surface area contributed by atoms with E-state index in [0.717, 1.165) is 10.3 Å². The van der Waals surface area contributed by atoms with Gasteiger partial charge in [-0.3, -0.25) is 0 Å². The van der Waals surface area contributed by atoms with Crippen LogP contribution in [0.5, 0.6) is 0 Å². The summed E-state index contributed by atoms with van der Waals surface area (Å²) in [5, 5.41) is 9.10. The molecule has 1 fully saturated rings. The van der Waals surface area contributed by atoms with Gasteiger partial charge < -0.3 is 20.6 Å². The number of thiazole rings is 1. The summed E-state index contributed by atoms with van der Waals surface area (Å²) in [7, 11) is 0. The Kier molecular flexibility index (Phi) is 3.05. The van der Waals surface area contributed by atoms with E-state index in [1.54, 1.807) is 5.51 Å². The van der Waals surface area contributed by atoms with Gasteiger partial charge in [0.1, 0.15) is 5.52 Å². The number of carbonyl (C=O) groups is 1. The molecule has 1 atom stereocenters. The van der Waals surface area contributed by atoms with Crippen LogP contribution in [0, 0.1) is 0 Å². The summed E-state index contributed by atoms with van der Waals surface area (Å²) in [6.07, 6.45) is -0.891. The molecule has 0 aromatic carbocycles. The zero-order chi connectivity index (χ0) is 14.3. The van der Waals surface area contributed by atoms with Gasteiger partial charge in [0, 0.05) is 25.7 Å². The Balaban J connectivity index is 1.93. The van der Waals surface area contributed by atoms with Gasteiger partial charge in [-0.2, -0.15) is 4.98 Å². The highest BCUT2D eigenvalue weighted by Gasteiger charge is 2.29. The van der Waals surface area contributed by atoms with Crippen molar-refractivity contribution in [1.29, 1.82) is 0 Å². The summed E-state index contributed by atoms with van der Waals surface area (Å²) in [5.41, 5.74) is 8.16. The molecule has 1 aliphatic rings. The first-order chi connectivity index (χ1) is 9.56. The SMILES string of the molecule is CC1CN(c2nc(N)nc3scnc23)CCN1C(=O)O. The van der Waals surface area contributed by atoms with Crippen molar-refractivity contribution in [2.24, 2.45) is 0 Å². The van der Waals surface area contributed by atoms with Crippen LogP contribution in [0.25, 0.3) is 10.3 Å². The summed E-state index contributed by atoms with van der Waals surface area (Å²) in [6, 6.07) is -0.105. The predicted octanol–water partition coefficient (Wildman–Crippen LogP) is 0.857. The molecule has 0 saturated carbocycles. The van der Waals surface area contributed by atoms with Crippen LogP contribution in [0.4, 0.5) is 16.6 Å². The Morgan fingerprint density at radius 3 is 3.00 bits per heavy atom. The van der Waals surface area contributed by atoms with Gasteiger partial charge in [0.15, 0.2) is 10.6 Å². The molecule has 2 aromatic rings. The van der Waals surface area contributed by atoms with Gasteiger partial charge in [-0.1, -0.05) is 0 Å². The number of aromatic nitrogens is 3. The number of rotatable bonds is 1. The fraction of sp³-hybridized carbons (Fsp3) is 0.455. The topological polar surface area (TPSA) is 108 Å². The number of hydrogen-bond donors (Lipinski definition) is 2. The summed E-state index contributed by atoms with van der Waals surface area (Å²) < 4.78 is 0. The van der Waals surface area contributed by atoms with E-state index in [9.17, 15) is 4.79 Å². The van der Waals surface area contributed by atoms with Crippen LogP contribution >= 0.6 is 11.3 Å². The van der Waals surface area contributed by atoms with E-state index < -0.39 is 6.09 Å². The van der Waals surface area contributed by atoms with E-state index in [1.165, 1.54) is 16.2 Å². The fourth-order valence-electron chi connectivity index (χ4n) is 2.42. The second kappa shape index (κ2) is 4.75. The highest BCUT2D eigenvalue weighted by molar-refractivity contribution is 7.16. The van der Waals surface area contributed by atoms with Gasteiger partial charge >= 0.3 is 6.09 Å². The molecule has 20 heavy (non-hydrogen) atoms. The van der Waals surface area contributed by atoms with E-state index >= 15 is 0 Å². The highest BCUT2D eigenvalue weighted by Crippen LogP contribution is 2.27. The van der Waals surface area contributed by atoms with Gasteiger partial charge in [0.25, 0.3) is 0 Å². The lowest BCUT2D eigenvalue weighted by atomic mass is 10.2. The molecule has 1 unspecified atom stereocenters. The minimum absolute atomic E-state index is 0.105. The summed E-state index contributed by atoms with van der Waals surface area (Å²) >= 11 is 1.41. The van der Waals surface area contributed by atoms with Gasteiger partial charge in [-0.15, -0.1) is 11.3 Å². The average Bonchev–Trinajstić information content (AvgIpc) is 2.85. The largest absolute Gasteiger partial charge is 0.465 e. The molecular formula is C11H14N6O2S. The maximum Gasteiger partial charge on any atom is 0.407 e. The van der Waals surface area contributed by atoms with E-state index in [1.807, 2.05) is 11.8 Å². The molecule has 1 aliphatic heterocycles. The Bertz CT molecular complexity index is 659. The van der Waals surface area contributed by atoms with E-state index in [2.05, 4.69) is 15.0 Å². The van der Waals surface area contributed by atoms with Crippen LogP contribution in [0.2, 0.25) is 0 Å².